The highest BCUT2D eigenvalue weighted by molar-refractivity contribution is 5.79. The number of benzene rings is 1. The van der Waals surface area contributed by atoms with Crippen LogP contribution in [0.25, 0.3) is 0 Å². The SMILES string of the molecule is O=C(NCc1ccccc1)C1CC(F)(F)C1. The van der Waals surface area contributed by atoms with E-state index in [0.717, 1.165) is 5.56 Å². The van der Waals surface area contributed by atoms with Gasteiger partial charge in [-0.3, -0.25) is 4.79 Å². The van der Waals surface area contributed by atoms with Crippen LogP contribution in [0.1, 0.15) is 18.4 Å². The van der Waals surface area contributed by atoms with Crippen LogP contribution in [-0.2, 0) is 11.3 Å². The zero-order valence-electron chi connectivity index (χ0n) is 8.75. The van der Waals surface area contributed by atoms with Crippen molar-refractivity contribution in [3.05, 3.63) is 35.9 Å². The summed E-state index contributed by atoms with van der Waals surface area (Å²) in [6, 6.07) is 9.40. The van der Waals surface area contributed by atoms with E-state index in [0.29, 0.717) is 6.54 Å². The molecule has 1 aliphatic rings. The summed E-state index contributed by atoms with van der Waals surface area (Å²) in [4.78, 5) is 11.4. The van der Waals surface area contributed by atoms with Crippen molar-refractivity contribution in [2.75, 3.05) is 0 Å². The van der Waals surface area contributed by atoms with E-state index < -0.39 is 11.8 Å². The van der Waals surface area contributed by atoms with Gasteiger partial charge in [0.1, 0.15) is 0 Å². The number of carbonyl (C=O) groups is 1. The lowest BCUT2D eigenvalue weighted by molar-refractivity contribution is -0.150. The van der Waals surface area contributed by atoms with Crippen LogP contribution in [0.3, 0.4) is 0 Å². The summed E-state index contributed by atoms with van der Waals surface area (Å²) in [5.74, 6) is -3.41. The predicted molar refractivity (Wildman–Crippen MR) is 56.0 cm³/mol. The van der Waals surface area contributed by atoms with E-state index in [9.17, 15) is 13.6 Å². The molecule has 0 heterocycles. The van der Waals surface area contributed by atoms with Crippen LogP contribution in [0.4, 0.5) is 8.78 Å². The van der Waals surface area contributed by atoms with Gasteiger partial charge in [-0.25, -0.2) is 8.78 Å². The second kappa shape index (κ2) is 4.20. The van der Waals surface area contributed by atoms with E-state index in [2.05, 4.69) is 5.32 Å². The second-order valence-electron chi connectivity index (χ2n) is 4.16. The van der Waals surface area contributed by atoms with Gasteiger partial charge in [-0.2, -0.15) is 0 Å². The molecule has 1 aromatic carbocycles. The van der Waals surface area contributed by atoms with Gasteiger partial charge in [0.2, 0.25) is 11.8 Å². The van der Waals surface area contributed by atoms with Crippen molar-refractivity contribution in [1.82, 2.24) is 5.32 Å². The number of amides is 1. The summed E-state index contributed by atoms with van der Waals surface area (Å²) in [7, 11) is 0. The molecule has 1 amide bonds. The minimum atomic E-state index is -2.63. The molecule has 1 saturated carbocycles. The Morgan fingerprint density at radius 1 is 1.31 bits per heavy atom. The Kier molecular flexibility index (Phi) is 2.90. The molecule has 2 nitrogen and oxygen atoms in total. The average Bonchev–Trinajstić information content (AvgIpc) is 2.24. The maximum atomic E-state index is 12.5. The summed E-state index contributed by atoms with van der Waals surface area (Å²) in [6.07, 6.45) is -0.624. The van der Waals surface area contributed by atoms with Crippen LogP contribution in [0.2, 0.25) is 0 Å². The second-order valence-corrected chi connectivity index (χ2v) is 4.16. The zero-order chi connectivity index (χ0) is 11.6. The van der Waals surface area contributed by atoms with Crippen LogP contribution in [0, 0.1) is 5.92 Å². The Morgan fingerprint density at radius 2 is 1.94 bits per heavy atom. The molecule has 1 aromatic rings. The van der Waals surface area contributed by atoms with Gasteiger partial charge in [0.25, 0.3) is 0 Å². The van der Waals surface area contributed by atoms with Gasteiger partial charge in [0.05, 0.1) is 0 Å². The van der Waals surface area contributed by atoms with Crippen molar-refractivity contribution in [3.63, 3.8) is 0 Å². The van der Waals surface area contributed by atoms with Crippen molar-refractivity contribution in [3.8, 4) is 0 Å². The number of carbonyl (C=O) groups excluding carboxylic acids is 1. The first-order valence-electron chi connectivity index (χ1n) is 5.26. The molecule has 86 valence electrons. The molecule has 0 atom stereocenters. The topological polar surface area (TPSA) is 29.1 Å². The van der Waals surface area contributed by atoms with E-state index >= 15 is 0 Å². The third kappa shape index (κ3) is 2.56. The molecule has 0 radical (unpaired) electrons. The molecule has 4 heteroatoms. The van der Waals surface area contributed by atoms with Gasteiger partial charge >= 0.3 is 0 Å². The molecular weight excluding hydrogens is 212 g/mol. The monoisotopic (exact) mass is 225 g/mol. The summed E-state index contributed by atoms with van der Waals surface area (Å²) >= 11 is 0. The fourth-order valence-electron chi connectivity index (χ4n) is 1.78. The van der Waals surface area contributed by atoms with E-state index in [1.807, 2.05) is 30.3 Å². The zero-order valence-corrected chi connectivity index (χ0v) is 8.75. The van der Waals surface area contributed by atoms with Gasteiger partial charge in [-0.15, -0.1) is 0 Å². The first-order valence-corrected chi connectivity index (χ1v) is 5.26. The normalized spacial score (nSPS) is 18.9. The maximum Gasteiger partial charge on any atom is 0.249 e. The summed E-state index contributed by atoms with van der Waals surface area (Å²) in [6.45, 7) is 0.405. The van der Waals surface area contributed by atoms with Crippen molar-refractivity contribution in [2.24, 2.45) is 5.92 Å². The van der Waals surface area contributed by atoms with Crippen LogP contribution >= 0.6 is 0 Å². The predicted octanol–water partition coefficient (Wildman–Crippen LogP) is 2.35. The number of nitrogens with one attached hydrogen (secondary N) is 1. The Balaban J connectivity index is 1.77. The van der Waals surface area contributed by atoms with Crippen molar-refractivity contribution >= 4 is 5.91 Å². The molecular formula is C12H13F2NO. The van der Waals surface area contributed by atoms with Gasteiger partial charge in [0, 0.05) is 25.3 Å². The minimum Gasteiger partial charge on any atom is -0.352 e. The van der Waals surface area contributed by atoms with E-state index in [4.69, 9.17) is 0 Å². The first kappa shape index (κ1) is 11.0. The van der Waals surface area contributed by atoms with Crippen LogP contribution in [-0.4, -0.2) is 11.8 Å². The molecule has 1 aliphatic carbocycles. The molecule has 16 heavy (non-hydrogen) atoms. The number of hydrogen-bond donors (Lipinski definition) is 1. The van der Waals surface area contributed by atoms with Gasteiger partial charge < -0.3 is 5.32 Å². The Bertz CT molecular complexity index is 370. The number of halogens is 2. The van der Waals surface area contributed by atoms with Gasteiger partial charge in [-0.05, 0) is 5.56 Å². The van der Waals surface area contributed by atoms with E-state index in [-0.39, 0.29) is 18.7 Å². The van der Waals surface area contributed by atoms with Crippen molar-refractivity contribution in [2.45, 2.75) is 25.3 Å². The molecule has 0 aliphatic heterocycles. The third-order valence-corrected chi connectivity index (χ3v) is 2.77. The van der Waals surface area contributed by atoms with E-state index in [1.165, 1.54) is 0 Å². The van der Waals surface area contributed by atoms with E-state index in [1.54, 1.807) is 0 Å². The number of rotatable bonds is 3. The average molecular weight is 225 g/mol. The Hall–Kier alpha value is -1.45. The molecule has 2 rings (SSSR count). The summed E-state index contributed by atoms with van der Waals surface area (Å²) in [5.41, 5.74) is 0.974. The summed E-state index contributed by atoms with van der Waals surface area (Å²) < 4.78 is 25.1. The fourth-order valence-corrected chi connectivity index (χ4v) is 1.78. The highest BCUT2D eigenvalue weighted by atomic mass is 19.3. The molecule has 0 bridgehead atoms. The first-order chi connectivity index (χ1) is 7.57. The van der Waals surface area contributed by atoms with Crippen LogP contribution in [0.5, 0.6) is 0 Å². The standard InChI is InChI=1S/C12H13F2NO/c13-12(14)6-10(7-12)11(16)15-8-9-4-2-1-3-5-9/h1-5,10H,6-8H2,(H,15,16). The third-order valence-electron chi connectivity index (χ3n) is 2.77. The fraction of sp³-hybridized carbons (Fsp3) is 0.417. The molecule has 1 fully saturated rings. The lowest BCUT2D eigenvalue weighted by Crippen LogP contribution is -2.44. The van der Waals surface area contributed by atoms with Gasteiger partial charge in [-0.1, -0.05) is 30.3 Å². The number of hydrogen-bond acceptors (Lipinski definition) is 1. The molecule has 0 spiro atoms. The molecule has 1 N–H and O–H groups in total. The molecule has 0 aromatic heterocycles. The Morgan fingerprint density at radius 3 is 2.50 bits per heavy atom. The van der Waals surface area contributed by atoms with Crippen LogP contribution in [0.15, 0.2) is 30.3 Å². The van der Waals surface area contributed by atoms with Crippen molar-refractivity contribution in [1.29, 1.82) is 0 Å². The highest BCUT2D eigenvalue weighted by Crippen LogP contribution is 2.42. The minimum absolute atomic E-state index is 0.269. The smallest absolute Gasteiger partial charge is 0.249 e. The lowest BCUT2D eigenvalue weighted by Gasteiger charge is -2.33. The largest absolute Gasteiger partial charge is 0.352 e. The lowest BCUT2D eigenvalue weighted by atomic mass is 9.81. The number of alkyl halides is 2. The van der Waals surface area contributed by atoms with Crippen molar-refractivity contribution < 1.29 is 13.6 Å². The highest BCUT2D eigenvalue weighted by Gasteiger charge is 2.48. The molecule has 0 saturated heterocycles. The quantitative estimate of drug-likeness (QED) is 0.840. The maximum absolute atomic E-state index is 12.5. The van der Waals surface area contributed by atoms with Gasteiger partial charge in [0.15, 0.2) is 0 Å². The molecule has 0 unspecified atom stereocenters. The Labute approximate surface area is 92.7 Å². The van der Waals surface area contributed by atoms with Crippen LogP contribution < -0.4 is 5.32 Å². The summed E-state index contributed by atoms with van der Waals surface area (Å²) in [5, 5.41) is 2.67.